The van der Waals surface area contributed by atoms with Crippen LogP contribution < -0.4 is 9.62 Å². The van der Waals surface area contributed by atoms with E-state index in [1.807, 2.05) is 46.8 Å². The second kappa shape index (κ2) is 12.4. The lowest BCUT2D eigenvalue weighted by atomic mass is 10.1. The fourth-order valence-corrected chi connectivity index (χ4v) is 4.84. The molecule has 0 saturated heterocycles. The van der Waals surface area contributed by atoms with Crippen molar-refractivity contribution in [1.29, 1.82) is 0 Å². The number of benzene rings is 2. The van der Waals surface area contributed by atoms with Crippen molar-refractivity contribution in [2.24, 2.45) is 5.92 Å². The van der Waals surface area contributed by atoms with Gasteiger partial charge in [0.15, 0.2) is 0 Å². The van der Waals surface area contributed by atoms with E-state index >= 15 is 0 Å². The van der Waals surface area contributed by atoms with Crippen molar-refractivity contribution in [3.8, 4) is 0 Å². The summed E-state index contributed by atoms with van der Waals surface area (Å²) in [5.74, 6) is -0.472. The predicted octanol–water partition coefficient (Wildman–Crippen LogP) is 4.30. The van der Waals surface area contributed by atoms with Crippen LogP contribution in [0.15, 0.2) is 42.5 Å². The van der Waals surface area contributed by atoms with Crippen molar-refractivity contribution < 1.29 is 18.0 Å². The minimum absolute atomic E-state index is 0.147. The van der Waals surface area contributed by atoms with Crippen LogP contribution in [0.25, 0.3) is 0 Å². The Morgan fingerprint density at radius 2 is 1.69 bits per heavy atom. The smallest absolute Gasteiger partial charge is 0.244 e. The molecular formula is C26H36ClN3O4S. The van der Waals surface area contributed by atoms with Gasteiger partial charge in [0.2, 0.25) is 21.8 Å². The lowest BCUT2D eigenvalue weighted by molar-refractivity contribution is -0.140. The van der Waals surface area contributed by atoms with Gasteiger partial charge in [-0.25, -0.2) is 8.42 Å². The van der Waals surface area contributed by atoms with Crippen molar-refractivity contribution in [2.75, 3.05) is 23.7 Å². The molecule has 1 N–H and O–H groups in total. The summed E-state index contributed by atoms with van der Waals surface area (Å²) in [6.07, 6.45) is 1.46. The van der Waals surface area contributed by atoms with E-state index in [9.17, 15) is 18.0 Å². The molecule has 0 unspecified atom stereocenters. The van der Waals surface area contributed by atoms with Gasteiger partial charge in [-0.3, -0.25) is 13.9 Å². The van der Waals surface area contributed by atoms with Crippen molar-refractivity contribution in [1.82, 2.24) is 10.2 Å². The standard InChI is InChI=1S/C26H36ClN3O4S/c1-7-23(26(32)28-15-18(2)3)29(16-21-9-11-22(27)12-10-21)25(31)17-30(35(6,33)34)24-13-8-19(4)14-20(24)5/h8-14,18,23H,7,15-17H2,1-6H3,(H,28,32)/t23-/m0/s1. The number of amides is 2. The highest BCUT2D eigenvalue weighted by atomic mass is 35.5. The molecule has 0 bridgehead atoms. The monoisotopic (exact) mass is 521 g/mol. The number of aryl methyl sites for hydroxylation is 2. The molecule has 35 heavy (non-hydrogen) atoms. The predicted molar refractivity (Wildman–Crippen MR) is 142 cm³/mol. The Balaban J connectivity index is 2.44. The Bertz CT molecular complexity index is 1130. The van der Waals surface area contributed by atoms with Gasteiger partial charge in [0.05, 0.1) is 11.9 Å². The van der Waals surface area contributed by atoms with Crippen LogP contribution in [0.1, 0.15) is 43.9 Å². The quantitative estimate of drug-likeness (QED) is 0.477. The molecular weight excluding hydrogens is 486 g/mol. The molecule has 0 saturated carbocycles. The zero-order valence-electron chi connectivity index (χ0n) is 21.3. The zero-order chi connectivity index (χ0) is 26.3. The number of anilines is 1. The summed E-state index contributed by atoms with van der Waals surface area (Å²) in [7, 11) is -3.77. The van der Waals surface area contributed by atoms with E-state index in [2.05, 4.69) is 5.32 Å². The molecule has 0 heterocycles. The largest absolute Gasteiger partial charge is 0.354 e. The lowest BCUT2D eigenvalue weighted by Gasteiger charge is -2.33. The summed E-state index contributed by atoms with van der Waals surface area (Å²) in [5, 5.41) is 3.47. The molecule has 0 fully saturated rings. The van der Waals surface area contributed by atoms with Gasteiger partial charge in [0.25, 0.3) is 0 Å². The molecule has 0 aliphatic heterocycles. The molecule has 9 heteroatoms. The first-order chi connectivity index (χ1) is 16.3. The van der Waals surface area contributed by atoms with Gasteiger partial charge in [-0.05, 0) is 55.5 Å². The highest BCUT2D eigenvalue weighted by Gasteiger charge is 2.32. The highest BCUT2D eigenvalue weighted by molar-refractivity contribution is 7.92. The van der Waals surface area contributed by atoms with Gasteiger partial charge in [-0.1, -0.05) is 62.2 Å². The molecule has 192 valence electrons. The highest BCUT2D eigenvalue weighted by Crippen LogP contribution is 2.24. The number of rotatable bonds is 11. The van der Waals surface area contributed by atoms with Crippen LogP contribution in [-0.2, 0) is 26.2 Å². The maximum Gasteiger partial charge on any atom is 0.244 e. The van der Waals surface area contributed by atoms with Crippen molar-refractivity contribution in [2.45, 2.75) is 53.6 Å². The van der Waals surface area contributed by atoms with Gasteiger partial charge in [0, 0.05) is 18.1 Å². The lowest BCUT2D eigenvalue weighted by Crippen LogP contribution is -2.52. The molecule has 2 rings (SSSR count). The third kappa shape index (κ3) is 8.25. The van der Waals surface area contributed by atoms with E-state index in [4.69, 9.17) is 11.6 Å². The van der Waals surface area contributed by atoms with Crippen LogP contribution in [0.4, 0.5) is 5.69 Å². The van der Waals surface area contributed by atoms with E-state index in [0.717, 1.165) is 27.3 Å². The number of nitrogens with zero attached hydrogens (tertiary/aromatic N) is 2. The number of nitrogens with one attached hydrogen (secondary N) is 1. The molecule has 0 aliphatic rings. The summed E-state index contributed by atoms with van der Waals surface area (Å²) < 4.78 is 26.6. The zero-order valence-corrected chi connectivity index (χ0v) is 22.9. The second-order valence-corrected chi connectivity index (χ2v) is 11.6. The van der Waals surface area contributed by atoms with Gasteiger partial charge >= 0.3 is 0 Å². The molecule has 7 nitrogen and oxygen atoms in total. The van der Waals surface area contributed by atoms with E-state index in [1.165, 1.54) is 4.90 Å². The Morgan fingerprint density at radius 3 is 2.20 bits per heavy atom. The van der Waals surface area contributed by atoms with Crippen molar-refractivity contribution in [3.63, 3.8) is 0 Å². The Labute approximate surface area is 214 Å². The average Bonchev–Trinajstić information content (AvgIpc) is 2.76. The van der Waals surface area contributed by atoms with Crippen LogP contribution in [-0.4, -0.2) is 50.5 Å². The number of carbonyl (C=O) groups excluding carboxylic acids is 2. The van der Waals surface area contributed by atoms with Gasteiger partial charge in [0.1, 0.15) is 12.6 Å². The molecule has 0 radical (unpaired) electrons. The maximum atomic E-state index is 13.7. The van der Waals surface area contributed by atoms with Gasteiger partial charge < -0.3 is 10.2 Å². The molecule has 0 spiro atoms. The Kier molecular flexibility index (Phi) is 10.2. The van der Waals surface area contributed by atoms with Crippen molar-refractivity contribution >= 4 is 39.1 Å². The normalized spacial score (nSPS) is 12.3. The first-order valence-corrected chi connectivity index (χ1v) is 13.9. The topological polar surface area (TPSA) is 86.8 Å². The van der Waals surface area contributed by atoms with Gasteiger partial charge in [-0.2, -0.15) is 0 Å². The van der Waals surface area contributed by atoms with Gasteiger partial charge in [-0.15, -0.1) is 0 Å². The van der Waals surface area contributed by atoms with Crippen LogP contribution in [0.2, 0.25) is 5.02 Å². The summed E-state index contributed by atoms with van der Waals surface area (Å²) in [6, 6.07) is 11.7. The van der Waals surface area contributed by atoms with Crippen LogP contribution in [0, 0.1) is 19.8 Å². The third-order valence-electron chi connectivity index (χ3n) is 5.64. The molecule has 2 amide bonds. The van der Waals surface area contributed by atoms with E-state index in [-0.39, 0.29) is 18.4 Å². The van der Waals surface area contributed by atoms with E-state index in [0.29, 0.717) is 23.7 Å². The van der Waals surface area contributed by atoms with E-state index in [1.54, 1.807) is 30.3 Å². The number of sulfonamides is 1. The Hall–Kier alpha value is -2.58. The molecule has 1 atom stereocenters. The van der Waals surface area contributed by atoms with E-state index < -0.39 is 28.5 Å². The SMILES string of the molecule is CC[C@@H](C(=O)NCC(C)C)N(Cc1ccc(Cl)cc1)C(=O)CN(c1ccc(C)cc1C)S(C)(=O)=O. The summed E-state index contributed by atoms with van der Waals surface area (Å²) >= 11 is 6.02. The summed E-state index contributed by atoms with van der Waals surface area (Å²) in [4.78, 5) is 28.2. The van der Waals surface area contributed by atoms with Crippen LogP contribution in [0.3, 0.4) is 0 Å². The van der Waals surface area contributed by atoms with Crippen LogP contribution >= 0.6 is 11.6 Å². The van der Waals surface area contributed by atoms with Crippen molar-refractivity contribution in [3.05, 3.63) is 64.2 Å². The Morgan fingerprint density at radius 1 is 1.06 bits per heavy atom. The minimum Gasteiger partial charge on any atom is -0.354 e. The van der Waals surface area contributed by atoms with Crippen LogP contribution in [0.5, 0.6) is 0 Å². The number of carbonyl (C=O) groups is 2. The number of hydrogen-bond acceptors (Lipinski definition) is 4. The molecule has 2 aromatic rings. The molecule has 0 aliphatic carbocycles. The second-order valence-electron chi connectivity index (χ2n) is 9.27. The fourth-order valence-electron chi connectivity index (χ4n) is 3.81. The third-order valence-corrected chi connectivity index (χ3v) is 7.02. The number of hydrogen-bond donors (Lipinski definition) is 1. The number of halogens is 1. The fraction of sp³-hybridized carbons (Fsp3) is 0.462. The maximum absolute atomic E-state index is 13.7. The first kappa shape index (κ1) is 28.7. The molecule has 2 aromatic carbocycles. The summed E-state index contributed by atoms with van der Waals surface area (Å²) in [6.45, 7) is 9.76. The minimum atomic E-state index is -3.77. The average molecular weight is 522 g/mol. The molecule has 0 aromatic heterocycles. The summed E-state index contributed by atoms with van der Waals surface area (Å²) in [5.41, 5.74) is 2.96. The first-order valence-electron chi connectivity index (χ1n) is 11.7.